The molecule has 4 nitrogen and oxygen atoms in total. The van der Waals surface area contributed by atoms with Gasteiger partial charge in [0.05, 0.1) is 39.1 Å². The lowest BCUT2D eigenvalue weighted by Gasteiger charge is -2.13. The monoisotopic (exact) mass is 624 g/mol. The van der Waals surface area contributed by atoms with Gasteiger partial charge < -0.3 is 9.13 Å². The molecule has 0 fully saturated rings. The van der Waals surface area contributed by atoms with E-state index < -0.39 is 0 Å². The summed E-state index contributed by atoms with van der Waals surface area (Å²) in [6, 6.07) is 7.89. The highest BCUT2D eigenvalue weighted by molar-refractivity contribution is 9.11. The van der Waals surface area contributed by atoms with E-state index in [1.807, 2.05) is 33.4 Å². The number of hydrogen-bond donors (Lipinski definition) is 0. The van der Waals surface area contributed by atoms with Crippen LogP contribution in [-0.2, 0) is 13.1 Å². The number of aromatic nitrogens is 2. The first-order valence-corrected chi connectivity index (χ1v) is 15.3. The van der Waals surface area contributed by atoms with Crippen LogP contribution in [0.4, 0.5) is 0 Å². The highest BCUT2D eigenvalue weighted by Crippen LogP contribution is 2.34. The first kappa shape index (κ1) is 25.9. The van der Waals surface area contributed by atoms with Crippen molar-refractivity contribution in [1.82, 2.24) is 9.13 Å². The first-order valence-electron chi connectivity index (χ1n) is 12.1. The van der Waals surface area contributed by atoms with Gasteiger partial charge in [0.25, 0.3) is 11.1 Å². The molecule has 0 radical (unpaired) electrons. The van der Waals surface area contributed by atoms with E-state index in [0.29, 0.717) is 24.2 Å². The normalized spacial score (nSPS) is 11.8. The Morgan fingerprint density at radius 3 is 1.44 bits per heavy atom. The largest absolute Gasteiger partial charge is 0.307 e. The van der Waals surface area contributed by atoms with Gasteiger partial charge in [-0.15, -0.1) is 22.7 Å². The van der Waals surface area contributed by atoms with Crippen LogP contribution in [-0.4, -0.2) is 9.13 Å². The predicted molar refractivity (Wildman–Crippen MR) is 155 cm³/mol. The molecule has 4 aromatic rings. The molecule has 182 valence electrons. The molecule has 0 N–H and O–H groups in total. The minimum absolute atomic E-state index is 0.0705. The zero-order valence-electron chi connectivity index (χ0n) is 19.7. The number of rotatable bonds is 11. The SMILES string of the molecule is CCCCCCn1c(=O)c(-c2cc3sc(Br)cc3n(CCCCCC)c2=O)cc2sc(Br)cc21. The van der Waals surface area contributed by atoms with Crippen molar-refractivity contribution in [2.45, 2.75) is 78.3 Å². The summed E-state index contributed by atoms with van der Waals surface area (Å²) < 4.78 is 7.79. The zero-order chi connectivity index (χ0) is 24.2. The van der Waals surface area contributed by atoms with E-state index in [1.165, 1.54) is 0 Å². The Labute approximate surface area is 224 Å². The molecule has 4 rings (SSSR count). The van der Waals surface area contributed by atoms with E-state index in [-0.39, 0.29) is 11.1 Å². The molecule has 0 amide bonds. The van der Waals surface area contributed by atoms with Crippen molar-refractivity contribution in [2.24, 2.45) is 0 Å². The lowest BCUT2D eigenvalue weighted by molar-refractivity contribution is 0.581. The molecule has 0 aliphatic heterocycles. The van der Waals surface area contributed by atoms with Gasteiger partial charge in [0, 0.05) is 13.1 Å². The van der Waals surface area contributed by atoms with Crippen LogP contribution in [0.3, 0.4) is 0 Å². The number of aryl methyl sites for hydroxylation is 2. The van der Waals surface area contributed by atoms with E-state index in [2.05, 4.69) is 45.7 Å². The number of fused-ring (bicyclic) bond motifs is 2. The lowest BCUT2D eigenvalue weighted by Crippen LogP contribution is -2.27. The first-order chi connectivity index (χ1) is 16.4. The zero-order valence-corrected chi connectivity index (χ0v) is 24.5. The molecule has 34 heavy (non-hydrogen) atoms. The molecular formula is C26H30Br2N2O2S2. The third-order valence-corrected chi connectivity index (χ3v) is 9.41. The van der Waals surface area contributed by atoms with Crippen molar-refractivity contribution in [2.75, 3.05) is 0 Å². The standard InChI is InChI=1S/C26H30Br2N2O2S2/c1-3-5-7-9-11-29-19-15-23(27)33-21(19)13-17(25(29)31)18-14-22-20(16-24(28)34-22)30(26(18)32)12-10-8-6-4-2/h13-16H,3-12H2,1-2H3. The summed E-state index contributed by atoms with van der Waals surface area (Å²) in [6.07, 6.45) is 8.75. The fraction of sp³-hybridized carbons (Fsp3) is 0.462. The third-order valence-electron chi connectivity index (χ3n) is 6.26. The molecule has 0 saturated carbocycles. The topological polar surface area (TPSA) is 44.0 Å². The van der Waals surface area contributed by atoms with Crippen molar-refractivity contribution in [3.8, 4) is 11.1 Å². The summed E-state index contributed by atoms with van der Waals surface area (Å²) >= 11 is 10.4. The van der Waals surface area contributed by atoms with E-state index in [0.717, 1.165) is 79.4 Å². The van der Waals surface area contributed by atoms with Gasteiger partial charge in [-0.25, -0.2) is 0 Å². The predicted octanol–water partition coefficient (Wildman–Crippen LogP) is 8.79. The van der Waals surface area contributed by atoms with Crippen LogP contribution in [0.5, 0.6) is 0 Å². The summed E-state index contributed by atoms with van der Waals surface area (Å²) in [5.41, 5.74) is 2.77. The Morgan fingerprint density at radius 1 is 0.647 bits per heavy atom. The Morgan fingerprint density at radius 2 is 1.06 bits per heavy atom. The van der Waals surface area contributed by atoms with Crippen LogP contribution in [0, 0.1) is 0 Å². The minimum atomic E-state index is -0.0705. The number of pyridine rings is 2. The fourth-order valence-electron chi connectivity index (χ4n) is 4.48. The second-order valence-electron chi connectivity index (χ2n) is 8.75. The van der Waals surface area contributed by atoms with Crippen molar-refractivity contribution < 1.29 is 0 Å². The summed E-state index contributed by atoms with van der Waals surface area (Å²) in [5.74, 6) is 0. The van der Waals surface area contributed by atoms with Crippen molar-refractivity contribution in [3.63, 3.8) is 0 Å². The maximum atomic E-state index is 13.8. The molecule has 4 aromatic heterocycles. The molecular weight excluding hydrogens is 596 g/mol. The van der Waals surface area contributed by atoms with Crippen molar-refractivity contribution in [3.05, 3.63) is 52.5 Å². The number of unbranched alkanes of at least 4 members (excludes halogenated alkanes) is 6. The van der Waals surface area contributed by atoms with Crippen LogP contribution in [0.25, 0.3) is 31.6 Å². The molecule has 8 heteroatoms. The van der Waals surface area contributed by atoms with Crippen molar-refractivity contribution in [1.29, 1.82) is 0 Å². The van der Waals surface area contributed by atoms with Crippen LogP contribution in [0.15, 0.2) is 41.4 Å². The number of halogens is 2. The lowest BCUT2D eigenvalue weighted by atomic mass is 10.1. The molecule has 4 heterocycles. The second-order valence-corrected chi connectivity index (χ2v) is 13.7. The summed E-state index contributed by atoms with van der Waals surface area (Å²) in [7, 11) is 0. The molecule has 0 saturated heterocycles. The van der Waals surface area contributed by atoms with Gasteiger partial charge in [-0.2, -0.15) is 0 Å². The number of thiophene rings is 2. The minimum Gasteiger partial charge on any atom is -0.307 e. The van der Waals surface area contributed by atoms with Gasteiger partial charge in [0.1, 0.15) is 0 Å². The van der Waals surface area contributed by atoms with Crippen LogP contribution < -0.4 is 11.1 Å². The Bertz CT molecular complexity index is 1310. The van der Waals surface area contributed by atoms with Gasteiger partial charge in [0.2, 0.25) is 0 Å². The van der Waals surface area contributed by atoms with Crippen molar-refractivity contribution >= 4 is 75.0 Å². The molecule has 0 aliphatic rings. The van der Waals surface area contributed by atoms with Gasteiger partial charge >= 0.3 is 0 Å². The Hall–Kier alpha value is -1.22. The summed E-state index contributed by atoms with van der Waals surface area (Å²) in [4.78, 5) is 27.5. The average Bonchev–Trinajstić information content (AvgIpc) is 3.37. The maximum Gasteiger partial charge on any atom is 0.259 e. The number of hydrogen-bond acceptors (Lipinski definition) is 4. The average molecular weight is 626 g/mol. The molecule has 0 atom stereocenters. The highest BCUT2D eigenvalue weighted by atomic mass is 79.9. The Balaban J connectivity index is 1.86. The summed E-state index contributed by atoms with van der Waals surface area (Å²) in [5, 5.41) is 0. The van der Waals surface area contributed by atoms with Crippen LogP contribution >= 0.6 is 54.5 Å². The van der Waals surface area contributed by atoms with Crippen LogP contribution in [0.2, 0.25) is 0 Å². The van der Waals surface area contributed by atoms with Crippen LogP contribution in [0.1, 0.15) is 65.2 Å². The molecule has 0 aliphatic carbocycles. The van der Waals surface area contributed by atoms with E-state index >= 15 is 0 Å². The van der Waals surface area contributed by atoms with E-state index in [1.54, 1.807) is 22.7 Å². The highest BCUT2D eigenvalue weighted by Gasteiger charge is 2.19. The second kappa shape index (κ2) is 11.7. The number of nitrogens with zero attached hydrogens (tertiary/aromatic N) is 2. The molecule has 0 aromatic carbocycles. The quantitative estimate of drug-likeness (QED) is 0.156. The van der Waals surface area contributed by atoms with Gasteiger partial charge in [-0.3, -0.25) is 9.59 Å². The summed E-state index contributed by atoms with van der Waals surface area (Å²) in [6.45, 7) is 5.72. The van der Waals surface area contributed by atoms with Gasteiger partial charge in [-0.05, 0) is 69.0 Å². The van der Waals surface area contributed by atoms with E-state index in [9.17, 15) is 9.59 Å². The smallest absolute Gasteiger partial charge is 0.259 e. The maximum absolute atomic E-state index is 13.8. The van der Waals surface area contributed by atoms with Gasteiger partial charge in [-0.1, -0.05) is 52.4 Å². The third kappa shape index (κ3) is 5.45. The fourth-order valence-corrected chi connectivity index (χ4v) is 7.62. The Kier molecular flexibility index (Phi) is 8.88. The van der Waals surface area contributed by atoms with Gasteiger partial charge in [0.15, 0.2) is 0 Å². The molecule has 0 unspecified atom stereocenters. The molecule has 0 spiro atoms. The molecule has 0 bridgehead atoms. The van der Waals surface area contributed by atoms with E-state index in [4.69, 9.17) is 0 Å².